The van der Waals surface area contributed by atoms with Crippen LogP contribution in [0.25, 0.3) is 0 Å². The van der Waals surface area contributed by atoms with Gasteiger partial charge in [0.15, 0.2) is 0 Å². The summed E-state index contributed by atoms with van der Waals surface area (Å²) >= 11 is 0. The van der Waals surface area contributed by atoms with Gasteiger partial charge in [-0.25, -0.2) is 0 Å². The zero-order chi connectivity index (χ0) is 15.8. The van der Waals surface area contributed by atoms with Crippen molar-refractivity contribution in [3.8, 4) is 18.1 Å². The van der Waals surface area contributed by atoms with Crippen molar-refractivity contribution in [3.05, 3.63) is 65.7 Å². The van der Waals surface area contributed by atoms with Gasteiger partial charge in [-0.1, -0.05) is 48.4 Å². The van der Waals surface area contributed by atoms with E-state index in [1.807, 2.05) is 30.3 Å². The maximum atomic E-state index is 12.4. The van der Waals surface area contributed by atoms with Gasteiger partial charge in [0.25, 0.3) is 5.91 Å². The number of rotatable bonds is 6. The Bertz CT molecular complexity index is 662. The summed E-state index contributed by atoms with van der Waals surface area (Å²) in [6.45, 7) is -0.102. The highest BCUT2D eigenvalue weighted by molar-refractivity contribution is 5.97. The lowest BCUT2D eigenvalue weighted by molar-refractivity contribution is 0.0912. The topological polar surface area (TPSA) is 58.6 Å². The molecule has 0 saturated carbocycles. The van der Waals surface area contributed by atoms with Gasteiger partial charge < -0.3 is 15.2 Å². The normalized spacial score (nSPS) is 11.3. The molecule has 1 amide bonds. The van der Waals surface area contributed by atoms with Gasteiger partial charge in [0.2, 0.25) is 0 Å². The molecule has 4 nitrogen and oxygen atoms in total. The number of hydrogen-bond acceptors (Lipinski definition) is 3. The molecule has 0 heterocycles. The van der Waals surface area contributed by atoms with E-state index in [0.29, 0.717) is 11.3 Å². The lowest BCUT2D eigenvalue weighted by Gasteiger charge is -2.18. The molecule has 2 aromatic rings. The molecule has 0 saturated heterocycles. The molecule has 2 rings (SSSR count). The third kappa shape index (κ3) is 3.87. The first kappa shape index (κ1) is 15.6. The van der Waals surface area contributed by atoms with Crippen LogP contribution in [0.15, 0.2) is 54.6 Å². The zero-order valence-corrected chi connectivity index (χ0v) is 12.0. The summed E-state index contributed by atoms with van der Waals surface area (Å²) in [6.07, 6.45) is 5.17. The Hall–Kier alpha value is -2.77. The Kier molecular flexibility index (Phi) is 5.58. The second-order valence-electron chi connectivity index (χ2n) is 4.61. The Morgan fingerprint density at radius 1 is 1.18 bits per heavy atom. The van der Waals surface area contributed by atoms with Crippen LogP contribution in [-0.2, 0) is 0 Å². The molecule has 0 fully saturated rings. The number of hydrogen-bond donors (Lipinski definition) is 2. The predicted molar refractivity (Wildman–Crippen MR) is 84.5 cm³/mol. The van der Waals surface area contributed by atoms with Gasteiger partial charge in [-0.05, 0) is 17.7 Å². The molecule has 0 bridgehead atoms. The summed E-state index contributed by atoms with van der Waals surface area (Å²) in [5.41, 5.74) is 1.22. The first-order valence-electron chi connectivity index (χ1n) is 6.88. The molecule has 4 heteroatoms. The lowest BCUT2D eigenvalue weighted by Crippen LogP contribution is -2.31. The van der Waals surface area contributed by atoms with Crippen LogP contribution in [-0.4, -0.2) is 24.2 Å². The summed E-state index contributed by atoms with van der Waals surface area (Å²) in [5, 5.41) is 12.3. The molecular formula is C18H17NO3. The van der Waals surface area contributed by atoms with Crippen LogP contribution in [0.4, 0.5) is 0 Å². The van der Waals surface area contributed by atoms with Crippen molar-refractivity contribution in [2.24, 2.45) is 0 Å². The third-order valence-corrected chi connectivity index (χ3v) is 3.13. The fraction of sp³-hybridized carbons (Fsp3) is 0.167. The van der Waals surface area contributed by atoms with Crippen LogP contribution in [0.1, 0.15) is 22.0 Å². The van der Waals surface area contributed by atoms with E-state index in [1.165, 1.54) is 0 Å². The van der Waals surface area contributed by atoms with Crippen molar-refractivity contribution in [1.29, 1.82) is 0 Å². The SMILES string of the molecule is C#CCOc1ccccc1C(=O)N[C@H](CO)c1ccccc1. The molecule has 0 aliphatic heterocycles. The fourth-order valence-electron chi connectivity index (χ4n) is 2.06. The summed E-state index contributed by atoms with van der Waals surface area (Å²) < 4.78 is 5.37. The Morgan fingerprint density at radius 2 is 1.86 bits per heavy atom. The number of aliphatic hydroxyl groups excluding tert-OH is 1. The largest absolute Gasteiger partial charge is 0.480 e. The number of amides is 1. The van der Waals surface area contributed by atoms with Gasteiger partial charge in [-0.3, -0.25) is 4.79 Å². The molecule has 0 radical (unpaired) electrons. The van der Waals surface area contributed by atoms with E-state index in [2.05, 4.69) is 11.2 Å². The van der Waals surface area contributed by atoms with Crippen LogP contribution >= 0.6 is 0 Å². The number of benzene rings is 2. The molecule has 0 aliphatic carbocycles. The van der Waals surface area contributed by atoms with E-state index in [4.69, 9.17) is 11.2 Å². The maximum absolute atomic E-state index is 12.4. The van der Waals surface area contributed by atoms with Gasteiger partial charge in [0.05, 0.1) is 18.2 Å². The monoisotopic (exact) mass is 295 g/mol. The number of ether oxygens (including phenoxy) is 1. The number of terminal acetylenes is 1. The van der Waals surface area contributed by atoms with E-state index in [0.717, 1.165) is 5.56 Å². The average molecular weight is 295 g/mol. The molecule has 0 unspecified atom stereocenters. The predicted octanol–water partition coefficient (Wildman–Crippen LogP) is 2.16. The first-order chi connectivity index (χ1) is 10.8. The summed E-state index contributed by atoms with van der Waals surface area (Å²) in [6, 6.07) is 15.7. The molecule has 1 atom stereocenters. The smallest absolute Gasteiger partial charge is 0.255 e. The molecule has 2 N–H and O–H groups in total. The van der Waals surface area contributed by atoms with E-state index in [-0.39, 0.29) is 19.1 Å². The zero-order valence-electron chi connectivity index (χ0n) is 12.0. The van der Waals surface area contributed by atoms with Crippen molar-refractivity contribution >= 4 is 5.91 Å². The van der Waals surface area contributed by atoms with Crippen molar-refractivity contribution < 1.29 is 14.6 Å². The van der Waals surface area contributed by atoms with Crippen LogP contribution < -0.4 is 10.1 Å². The number of aliphatic hydroxyl groups is 1. The van der Waals surface area contributed by atoms with Gasteiger partial charge in [-0.15, -0.1) is 6.42 Å². The maximum Gasteiger partial charge on any atom is 0.255 e. The van der Waals surface area contributed by atoms with Crippen LogP contribution in [0.5, 0.6) is 5.75 Å². The molecule has 112 valence electrons. The van der Waals surface area contributed by atoms with Crippen LogP contribution in [0.2, 0.25) is 0 Å². The van der Waals surface area contributed by atoms with Crippen molar-refractivity contribution in [2.75, 3.05) is 13.2 Å². The first-order valence-corrected chi connectivity index (χ1v) is 6.88. The molecule has 2 aromatic carbocycles. The van der Waals surface area contributed by atoms with Gasteiger partial charge in [-0.2, -0.15) is 0 Å². The van der Waals surface area contributed by atoms with E-state index < -0.39 is 6.04 Å². The second kappa shape index (κ2) is 7.87. The summed E-state index contributed by atoms with van der Waals surface area (Å²) in [7, 11) is 0. The Morgan fingerprint density at radius 3 is 2.55 bits per heavy atom. The average Bonchev–Trinajstić information content (AvgIpc) is 2.58. The number of carbonyl (C=O) groups is 1. The third-order valence-electron chi connectivity index (χ3n) is 3.13. The lowest BCUT2D eigenvalue weighted by atomic mass is 10.1. The number of nitrogens with one attached hydrogen (secondary N) is 1. The highest BCUT2D eigenvalue weighted by atomic mass is 16.5. The summed E-state index contributed by atoms with van der Waals surface area (Å²) in [4.78, 5) is 12.4. The minimum atomic E-state index is -0.477. The van der Waals surface area contributed by atoms with Crippen LogP contribution in [0, 0.1) is 12.3 Å². The molecule has 22 heavy (non-hydrogen) atoms. The Labute approximate surface area is 129 Å². The van der Waals surface area contributed by atoms with Gasteiger partial charge in [0, 0.05) is 0 Å². The fourth-order valence-corrected chi connectivity index (χ4v) is 2.06. The molecule has 0 spiro atoms. The van der Waals surface area contributed by atoms with Gasteiger partial charge >= 0.3 is 0 Å². The Balaban J connectivity index is 2.16. The van der Waals surface area contributed by atoms with E-state index in [1.54, 1.807) is 24.3 Å². The molecule has 0 aliphatic rings. The number of para-hydroxylation sites is 1. The van der Waals surface area contributed by atoms with E-state index >= 15 is 0 Å². The van der Waals surface area contributed by atoms with E-state index in [9.17, 15) is 9.90 Å². The standard InChI is InChI=1S/C18H17NO3/c1-2-12-22-17-11-7-6-10-15(17)18(21)19-16(13-20)14-8-4-3-5-9-14/h1,3-11,16,20H,12-13H2,(H,19,21)/t16-/m1/s1. The van der Waals surface area contributed by atoms with Crippen molar-refractivity contribution in [1.82, 2.24) is 5.32 Å². The molecular weight excluding hydrogens is 278 g/mol. The minimum Gasteiger partial charge on any atom is -0.480 e. The minimum absolute atomic E-state index is 0.0897. The van der Waals surface area contributed by atoms with Crippen molar-refractivity contribution in [2.45, 2.75) is 6.04 Å². The molecule has 0 aromatic heterocycles. The van der Waals surface area contributed by atoms with Crippen molar-refractivity contribution in [3.63, 3.8) is 0 Å². The second-order valence-corrected chi connectivity index (χ2v) is 4.61. The van der Waals surface area contributed by atoms with Gasteiger partial charge in [0.1, 0.15) is 12.4 Å². The quantitative estimate of drug-likeness (QED) is 0.803. The highest BCUT2D eigenvalue weighted by Crippen LogP contribution is 2.19. The highest BCUT2D eigenvalue weighted by Gasteiger charge is 2.17. The number of carbonyl (C=O) groups excluding carboxylic acids is 1. The van der Waals surface area contributed by atoms with Crippen LogP contribution in [0.3, 0.4) is 0 Å². The summed E-state index contributed by atoms with van der Waals surface area (Å²) in [5.74, 6) is 2.46.